The SMILES string of the molecule is CCOc1cc(-c2ccccc2)nc2ccc(NC(=O)Nc3cccc(Cl)c3C)cc12. The smallest absolute Gasteiger partial charge is 0.323 e. The fourth-order valence-corrected chi connectivity index (χ4v) is 3.51. The third-order valence-corrected chi connectivity index (χ3v) is 5.32. The van der Waals surface area contributed by atoms with Gasteiger partial charge in [0.1, 0.15) is 5.75 Å². The lowest BCUT2D eigenvalue weighted by molar-refractivity contribution is 0.262. The highest BCUT2D eigenvalue weighted by Gasteiger charge is 2.12. The molecule has 0 atom stereocenters. The molecule has 0 aliphatic rings. The van der Waals surface area contributed by atoms with Crippen LogP contribution in [0.2, 0.25) is 5.02 Å². The number of hydrogen-bond acceptors (Lipinski definition) is 3. The van der Waals surface area contributed by atoms with Crippen LogP contribution in [0.1, 0.15) is 12.5 Å². The summed E-state index contributed by atoms with van der Waals surface area (Å²) in [4.78, 5) is 17.3. The maximum Gasteiger partial charge on any atom is 0.323 e. The molecule has 0 radical (unpaired) electrons. The van der Waals surface area contributed by atoms with Crippen LogP contribution in [0.5, 0.6) is 5.75 Å². The van der Waals surface area contributed by atoms with E-state index in [0.717, 1.165) is 33.5 Å². The van der Waals surface area contributed by atoms with Crippen molar-refractivity contribution >= 4 is 39.9 Å². The van der Waals surface area contributed by atoms with Crippen molar-refractivity contribution in [2.45, 2.75) is 13.8 Å². The van der Waals surface area contributed by atoms with E-state index in [-0.39, 0.29) is 6.03 Å². The van der Waals surface area contributed by atoms with Gasteiger partial charge in [-0.1, -0.05) is 48.0 Å². The van der Waals surface area contributed by atoms with Crippen LogP contribution in [0.25, 0.3) is 22.2 Å². The number of nitrogens with zero attached hydrogens (tertiary/aromatic N) is 1. The van der Waals surface area contributed by atoms with Crippen molar-refractivity contribution in [2.24, 2.45) is 0 Å². The Morgan fingerprint density at radius 3 is 2.58 bits per heavy atom. The average molecular weight is 432 g/mol. The standard InChI is InChI=1S/C25H22ClN3O2/c1-3-31-24-15-23(17-8-5-4-6-9-17)28-22-13-12-18(14-19(22)24)27-25(30)29-21-11-7-10-20(26)16(21)2/h4-15H,3H2,1-2H3,(H2,27,29,30). The zero-order valence-electron chi connectivity index (χ0n) is 17.3. The number of ether oxygens (including phenoxy) is 1. The van der Waals surface area contributed by atoms with Crippen LogP contribution in [-0.2, 0) is 0 Å². The lowest BCUT2D eigenvalue weighted by Gasteiger charge is -2.13. The van der Waals surface area contributed by atoms with E-state index in [0.29, 0.717) is 23.0 Å². The molecule has 2 amide bonds. The number of rotatable bonds is 5. The molecule has 0 spiro atoms. The number of aromatic nitrogens is 1. The van der Waals surface area contributed by atoms with Gasteiger partial charge < -0.3 is 15.4 Å². The Labute approximate surface area is 186 Å². The van der Waals surface area contributed by atoms with Gasteiger partial charge in [-0.2, -0.15) is 0 Å². The van der Waals surface area contributed by atoms with Crippen LogP contribution in [0.3, 0.4) is 0 Å². The normalized spacial score (nSPS) is 10.7. The first-order valence-corrected chi connectivity index (χ1v) is 10.4. The van der Waals surface area contributed by atoms with Gasteiger partial charge >= 0.3 is 6.03 Å². The van der Waals surface area contributed by atoms with Crippen LogP contribution in [-0.4, -0.2) is 17.6 Å². The molecule has 0 unspecified atom stereocenters. The molecular weight excluding hydrogens is 410 g/mol. The number of halogens is 1. The van der Waals surface area contributed by atoms with Gasteiger partial charge in [0.05, 0.1) is 17.8 Å². The molecule has 4 rings (SSSR count). The Bertz CT molecular complexity index is 1240. The quantitative estimate of drug-likeness (QED) is 0.361. The minimum absolute atomic E-state index is 0.350. The Kier molecular flexibility index (Phi) is 6.05. The van der Waals surface area contributed by atoms with Crippen LogP contribution < -0.4 is 15.4 Å². The van der Waals surface area contributed by atoms with E-state index in [1.54, 1.807) is 12.1 Å². The van der Waals surface area contributed by atoms with E-state index in [2.05, 4.69) is 10.6 Å². The number of carbonyl (C=O) groups excluding carboxylic acids is 1. The molecule has 1 aromatic heterocycles. The van der Waals surface area contributed by atoms with Gasteiger partial charge in [-0.05, 0) is 49.7 Å². The molecule has 0 aliphatic carbocycles. The summed E-state index contributed by atoms with van der Waals surface area (Å²) in [6, 6.07) is 22.5. The van der Waals surface area contributed by atoms with Crippen molar-refractivity contribution in [3.63, 3.8) is 0 Å². The van der Waals surface area contributed by atoms with Crippen LogP contribution in [0.4, 0.5) is 16.2 Å². The Hall–Kier alpha value is -3.57. The molecule has 0 fully saturated rings. The average Bonchev–Trinajstić information content (AvgIpc) is 2.78. The number of fused-ring (bicyclic) bond motifs is 1. The summed E-state index contributed by atoms with van der Waals surface area (Å²) in [5.74, 6) is 0.723. The van der Waals surface area contributed by atoms with Gasteiger partial charge in [0.2, 0.25) is 0 Å². The van der Waals surface area contributed by atoms with Gasteiger partial charge in [-0.15, -0.1) is 0 Å². The molecule has 3 aromatic carbocycles. The Morgan fingerprint density at radius 1 is 1.00 bits per heavy atom. The number of benzene rings is 3. The third-order valence-electron chi connectivity index (χ3n) is 4.91. The van der Waals surface area contributed by atoms with Crippen molar-refractivity contribution in [3.05, 3.63) is 83.4 Å². The molecule has 0 bridgehead atoms. The van der Waals surface area contributed by atoms with E-state index in [1.807, 2.05) is 74.5 Å². The van der Waals surface area contributed by atoms with Gasteiger partial charge in [-0.25, -0.2) is 9.78 Å². The van der Waals surface area contributed by atoms with Crippen molar-refractivity contribution in [3.8, 4) is 17.0 Å². The maximum absolute atomic E-state index is 12.5. The summed E-state index contributed by atoms with van der Waals surface area (Å²) in [7, 11) is 0. The number of anilines is 2. The summed E-state index contributed by atoms with van der Waals surface area (Å²) in [6.07, 6.45) is 0. The van der Waals surface area contributed by atoms with Gasteiger partial charge in [0.25, 0.3) is 0 Å². The highest BCUT2D eigenvalue weighted by atomic mass is 35.5. The summed E-state index contributed by atoms with van der Waals surface area (Å²) in [6.45, 7) is 4.33. The van der Waals surface area contributed by atoms with Crippen molar-refractivity contribution < 1.29 is 9.53 Å². The number of hydrogen-bond donors (Lipinski definition) is 2. The zero-order valence-corrected chi connectivity index (χ0v) is 18.0. The zero-order chi connectivity index (χ0) is 21.8. The summed E-state index contributed by atoms with van der Waals surface area (Å²) in [5.41, 5.74) is 4.76. The second-order valence-corrected chi connectivity index (χ2v) is 7.44. The van der Waals surface area contributed by atoms with Crippen molar-refractivity contribution in [1.82, 2.24) is 4.98 Å². The molecule has 4 aromatic rings. The highest BCUT2D eigenvalue weighted by Crippen LogP contribution is 2.32. The Morgan fingerprint density at radius 2 is 1.81 bits per heavy atom. The number of pyridine rings is 1. The second kappa shape index (κ2) is 9.06. The van der Waals surface area contributed by atoms with E-state index in [9.17, 15) is 4.79 Å². The molecule has 6 heteroatoms. The molecule has 2 N–H and O–H groups in total. The molecule has 0 saturated carbocycles. The summed E-state index contributed by atoms with van der Waals surface area (Å²) < 4.78 is 5.88. The lowest BCUT2D eigenvalue weighted by Crippen LogP contribution is -2.20. The number of nitrogens with one attached hydrogen (secondary N) is 2. The van der Waals surface area contributed by atoms with E-state index < -0.39 is 0 Å². The maximum atomic E-state index is 12.5. The largest absolute Gasteiger partial charge is 0.493 e. The summed E-state index contributed by atoms with van der Waals surface area (Å²) in [5, 5.41) is 7.14. The van der Waals surface area contributed by atoms with Crippen molar-refractivity contribution in [2.75, 3.05) is 17.2 Å². The monoisotopic (exact) mass is 431 g/mol. The lowest BCUT2D eigenvalue weighted by atomic mass is 10.1. The van der Waals surface area contributed by atoms with Gasteiger partial charge in [0, 0.05) is 33.4 Å². The minimum Gasteiger partial charge on any atom is -0.493 e. The van der Waals surface area contributed by atoms with E-state index in [1.165, 1.54) is 0 Å². The Balaban J connectivity index is 1.63. The second-order valence-electron chi connectivity index (χ2n) is 7.03. The molecule has 1 heterocycles. The topological polar surface area (TPSA) is 63.2 Å². The highest BCUT2D eigenvalue weighted by molar-refractivity contribution is 6.31. The van der Waals surface area contributed by atoms with E-state index >= 15 is 0 Å². The van der Waals surface area contributed by atoms with Crippen LogP contribution >= 0.6 is 11.6 Å². The molecule has 0 saturated heterocycles. The number of urea groups is 1. The van der Waals surface area contributed by atoms with E-state index in [4.69, 9.17) is 21.3 Å². The first-order valence-electron chi connectivity index (χ1n) is 10.0. The predicted molar refractivity (Wildman–Crippen MR) is 127 cm³/mol. The molecular formula is C25H22ClN3O2. The first kappa shape index (κ1) is 20.7. The third kappa shape index (κ3) is 4.62. The van der Waals surface area contributed by atoms with Gasteiger partial charge in [-0.3, -0.25) is 0 Å². The predicted octanol–water partition coefficient (Wildman–Crippen LogP) is 6.91. The fourth-order valence-electron chi connectivity index (χ4n) is 3.33. The van der Waals surface area contributed by atoms with Crippen LogP contribution in [0, 0.1) is 6.92 Å². The molecule has 0 aliphatic heterocycles. The number of carbonyl (C=O) groups is 1. The fraction of sp³-hybridized carbons (Fsp3) is 0.120. The molecule has 31 heavy (non-hydrogen) atoms. The molecule has 5 nitrogen and oxygen atoms in total. The van der Waals surface area contributed by atoms with Gasteiger partial charge in [0.15, 0.2) is 0 Å². The minimum atomic E-state index is -0.350. The number of amides is 2. The van der Waals surface area contributed by atoms with Crippen LogP contribution in [0.15, 0.2) is 72.8 Å². The van der Waals surface area contributed by atoms with Crippen molar-refractivity contribution in [1.29, 1.82) is 0 Å². The first-order chi connectivity index (χ1) is 15.0. The molecule has 156 valence electrons. The summed E-state index contributed by atoms with van der Waals surface area (Å²) >= 11 is 6.13.